The van der Waals surface area contributed by atoms with Crippen LogP contribution in [0.3, 0.4) is 0 Å². The minimum Gasteiger partial charge on any atom is -0.382 e. The molecule has 0 fully saturated rings. The van der Waals surface area contributed by atoms with Crippen molar-refractivity contribution in [2.24, 2.45) is 0 Å². The first-order valence-electron chi connectivity index (χ1n) is 6.05. The third-order valence-corrected chi connectivity index (χ3v) is 2.47. The molecule has 0 aliphatic carbocycles. The fourth-order valence-corrected chi connectivity index (χ4v) is 1.60. The Hall–Kier alpha value is -1.89. The van der Waals surface area contributed by atoms with Crippen LogP contribution in [0.4, 0.5) is 11.8 Å². The first kappa shape index (κ1) is 12.6. The molecule has 2 heterocycles. The Labute approximate surface area is 105 Å². The first-order chi connectivity index (χ1) is 8.85. The van der Waals surface area contributed by atoms with E-state index in [0.29, 0.717) is 11.6 Å². The molecule has 0 unspecified atom stereocenters. The van der Waals surface area contributed by atoms with Crippen LogP contribution < -0.4 is 10.6 Å². The summed E-state index contributed by atoms with van der Waals surface area (Å²) in [5, 5.41) is 6.18. The zero-order chi connectivity index (χ0) is 12.8. The van der Waals surface area contributed by atoms with E-state index in [1.165, 1.54) is 0 Å². The zero-order valence-corrected chi connectivity index (χ0v) is 10.7. The number of fused-ring (bicyclic) bond motifs is 1. The second-order valence-electron chi connectivity index (χ2n) is 3.72. The topological polar surface area (TPSA) is 87.8 Å². The number of hydrogen-bond acceptors (Lipinski definition) is 6. The van der Waals surface area contributed by atoms with E-state index in [2.05, 4.69) is 30.6 Å². The predicted molar refractivity (Wildman–Crippen MR) is 70.8 cm³/mol. The van der Waals surface area contributed by atoms with Gasteiger partial charge in [0, 0.05) is 26.8 Å². The Bertz CT molecular complexity index is 497. The monoisotopic (exact) mass is 250 g/mol. The molecule has 3 N–H and O–H groups in total. The Morgan fingerprint density at radius 3 is 3.06 bits per heavy atom. The van der Waals surface area contributed by atoms with E-state index in [1.54, 1.807) is 13.4 Å². The second-order valence-corrected chi connectivity index (χ2v) is 3.72. The van der Waals surface area contributed by atoms with E-state index in [0.717, 1.165) is 37.5 Å². The molecular formula is C11H18N6O. The van der Waals surface area contributed by atoms with Gasteiger partial charge < -0.3 is 20.4 Å². The van der Waals surface area contributed by atoms with Crippen molar-refractivity contribution in [3.05, 3.63) is 6.33 Å². The van der Waals surface area contributed by atoms with Crippen molar-refractivity contribution in [2.75, 3.05) is 37.4 Å². The van der Waals surface area contributed by atoms with Crippen molar-refractivity contribution < 1.29 is 4.74 Å². The summed E-state index contributed by atoms with van der Waals surface area (Å²) in [6.45, 7) is 4.29. The van der Waals surface area contributed by atoms with Gasteiger partial charge in [0.25, 0.3) is 0 Å². The molecule has 0 radical (unpaired) electrons. The SMILES string of the molecule is CCOCCCNc1nc(NC)nc2nc[nH]c12. The number of H-pyrrole nitrogens is 1. The largest absolute Gasteiger partial charge is 0.382 e. The van der Waals surface area contributed by atoms with Gasteiger partial charge in [0.2, 0.25) is 5.95 Å². The lowest BCUT2D eigenvalue weighted by Gasteiger charge is -2.07. The van der Waals surface area contributed by atoms with Gasteiger partial charge in [-0.3, -0.25) is 0 Å². The molecule has 0 aliphatic rings. The van der Waals surface area contributed by atoms with Crippen LogP contribution in [0.25, 0.3) is 11.2 Å². The molecule has 0 spiro atoms. The standard InChI is InChI=1S/C11H18N6O/c1-3-18-6-4-5-13-9-8-10(15-7-14-8)17-11(12-2)16-9/h7H,3-6H2,1-2H3,(H3,12,13,14,15,16,17). The van der Waals surface area contributed by atoms with Crippen LogP contribution in [-0.2, 0) is 4.74 Å². The number of nitrogens with one attached hydrogen (secondary N) is 3. The number of hydrogen-bond donors (Lipinski definition) is 3. The average Bonchev–Trinajstić information content (AvgIpc) is 2.86. The van der Waals surface area contributed by atoms with Crippen molar-refractivity contribution >= 4 is 22.9 Å². The molecule has 18 heavy (non-hydrogen) atoms. The van der Waals surface area contributed by atoms with Crippen LogP contribution in [-0.4, -0.2) is 46.7 Å². The van der Waals surface area contributed by atoms with Gasteiger partial charge >= 0.3 is 0 Å². The highest BCUT2D eigenvalue weighted by Crippen LogP contribution is 2.18. The highest BCUT2D eigenvalue weighted by molar-refractivity contribution is 5.83. The molecule has 2 aromatic heterocycles. The fourth-order valence-electron chi connectivity index (χ4n) is 1.60. The van der Waals surface area contributed by atoms with E-state index < -0.39 is 0 Å². The smallest absolute Gasteiger partial charge is 0.226 e. The van der Waals surface area contributed by atoms with Gasteiger partial charge in [-0.1, -0.05) is 0 Å². The minimum absolute atomic E-state index is 0.557. The van der Waals surface area contributed by atoms with E-state index >= 15 is 0 Å². The highest BCUT2D eigenvalue weighted by atomic mass is 16.5. The van der Waals surface area contributed by atoms with E-state index in [4.69, 9.17) is 4.74 Å². The zero-order valence-electron chi connectivity index (χ0n) is 10.7. The lowest BCUT2D eigenvalue weighted by Crippen LogP contribution is -2.09. The summed E-state index contributed by atoms with van der Waals surface area (Å²) < 4.78 is 5.28. The normalized spacial score (nSPS) is 10.8. The Kier molecular flexibility index (Phi) is 4.30. The van der Waals surface area contributed by atoms with Crippen molar-refractivity contribution in [3.8, 4) is 0 Å². The number of anilines is 2. The molecule has 0 aliphatic heterocycles. The van der Waals surface area contributed by atoms with Crippen molar-refractivity contribution in [1.82, 2.24) is 19.9 Å². The summed E-state index contributed by atoms with van der Waals surface area (Å²) in [6.07, 6.45) is 2.55. The maximum Gasteiger partial charge on any atom is 0.226 e. The van der Waals surface area contributed by atoms with Crippen LogP contribution in [0.5, 0.6) is 0 Å². The van der Waals surface area contributed by atoms with Gasteiger partial charge in [0.15, 0.2) is 11.5 Å². The quantitative estimate of drug-likeness (QED) is 0.641. The van der Waals surface area contributed by atoms with Gasteiger partial charge in [-0.15, -0.1) is 0 Å². The minimum atomic E-state index is 0.557. The van der Waals surface area contributed by atoms with Crippen LogP contribution >= 0.6 is 0 Å². The first-order valence-corrected chi connectivity index (χ1v) is 6.05. The Morgan fingerprint density at radius 2 is 2.28 bits per heavy atom. The number of rotatable bonds is 7. The number of nitrogens with zero attached hydrogens (tertiary/aromatic N) is 3. The van der Waals surface area contributed by atoms with Crippen LogP contribution in [0, 0.1) is 0 Å². The van der Waals surface area contributed by atoms with Crippen LogP contribution in [0.1, 0.15) is 13.3 Å². The van der Waals surface area contributed by atoms with Gasteiger partial charge in [-0.05, 0) is 13.3 Å². The predicted octanol–water partition coefficient (Wildman–Crippen LogP) is 1.23. The molecule has 0 bridgehead atoms. The summed E-state index contributed by atoms with van der Waals surface area (Å²) >= 11 is 0. The lowest BCUT2D eigenvalue weighted by atomic mass is 10.4. The molecule has 2 aromatic rings. The van der Waals surface area contributed by atoms with Crippen LogP contribution in [0.2, 0.25) is 0 Å². The Morgan fingerprint density at radius 1 is 1.39 bits per heavy atom. The number of ether oxygens (including phenoxy) is 1. The average molecular weight is 250 g/mol. The lowest BCUT2D eigenvalue weighted by molar-refractivity contribution is 0.147. The molecule has 7 heteroatoms. The van der Waals surface area contributed by atoms with E-state index in [-0.39, 0.29) is 0 Å². The van der Waals surface area contributed by atoms with Crippen molar-refractivity contribution in [2.45, 2.75) is 13.3 Å². The van der Waals surface area contributed by atoms with E-state index in [9.17, 15) is 0 Å². The van der Waals surface area contributed by atoms with Crippen molar-refractivity contribution in [3.63, 3.8) is 0 Å². The molecular weight excluding hydrogens is 232 g/mol. The third kappa shape index (κ3) is 2.86. The number of imidazole rings is 1. The third-order valence-electron chi connectivity index (χ3n) is 2.47. The summed E-state index contributed by atoms with van der Waals surface area (Å²) in [6, 6.07) is 0. The van der Waals surface area contributed by atoms with Gasteiger partial charge in [-0.2, -0.15) is 9.97 Å². The van der Waals surface area contributed by atoms with Gasteiger partial charge in [0.1, 0.15) is 5.52 Å². The summed E-state index contributed by atoms with van der Waals surface area (Å²) in [5.74, 6) is 1.32. The van der Waals surface area contributed by atoms with Crippen molar-refractivity contribution in [1.29, 1.82) is 0 Å². The number of aromatic amines is 1. The highest BCUT2D eigenvalue weighted by Gasteiger charge is 2.08. The summed E-state index contributed by atoms with van der Waals surface area (Å²) in [7, 11) is 1.78. The molecule has 98 valence electrons. The number of aromatic nitrogens is 4. The molecule has 0 aromatic carbocycles. The molecule has 0 saturated carbocycles. The maximum absolute atomic E-state index is 5.28. The van der Waals surface area contributed by atoms with Gasteiger partial charge in [0.05, 0.1) is 6.33 Å². The molecule has 2 rings (SSSR count). The van der Waals surface area contributed by atoms with Gasteiger partial charge in [-0.25, -0.2) is 4.98 Å². The molecule has 0 saturated heterocycles. The second kappa shape index (κ2) is 6.15. The maximum atomic E-state index is 5.28. The van der Waals surface area contributed by atoms with Crippen LogP contribution in [0.15, 0.2) is 6.33 Å². The summed E-state index contributed by atoms with van der Waals surface area (Å²) in [4.78, 5) is 15.8. The molecule has 7 nitrogen and oxygen atoms in total. The fraction of sp³-hybridized carbons (Fsp3) is 0.545. The van der Waals surface area contributed by atoms with E-state index in [1.807, 2.05) is 6.92 Å². The molecule has 0 atom stereocenters. The summed E-state index contributed by atoms with van der Waals surface area (Å²) in [5.41, 5.74) is 1.48. The Balaban J connectivity index is 2.04. The molecule has 0 amide bonds.